The number of benzene rings is 4. The van der Waals surface area contributed by atoms with Crippen molar-refractivity contribution in [1.82, 2.24) is 22.8 Å². The zero-order valence-corrected chi connectivity index (χ0v) is 34.6. The normalized spacial score (nSPS) is 17.7. The molecular weight excluding hydrogens is 743 g/mol. The molecule has 0 radical (unpaired) electrons. The Bertz CT molecular complexity index is 2260. The van der Waals surface area contributed by atoms with Gasteiger partial charge >= 0.3 is 10.2 Å². The van der Waals surface area contributed by atoms with Crippen LogP contribution in [0.1, 0.15) is 49.3 Å². The van der Waals surface area contributed by atoms with E-state index in [2.05, 4.69) is 86.0 Å². The van der Waals surface area contributed by atoms with Crippen molar-refractivity contribution in [3.8, 4) is 0 Å². The second-order valence-corrected chi connectivity index (χ2v) is 22.8. The highest BCUT2D eigenvalue weighted by molar-refractivity contribution is 7.99. The highest BCUT2D eigenvalue weighted by Gasteiger charge is 2.51. The van der Waals surface area contributed by atoms with E-state index in [-0.39, 0.29) is 23.5 Å². The van der Waals surface area contributed by atoms with E-state index in [0.29, 0.717) is 30.4 Å². The smallest absolute Gasteiger partial charge is 0.309 e. The maximum absolute atomic E-state index is 13.9. The highest BCUT2D eigenvalue weighted by atomic mass is 32.2. The van der Waals surface area contributed by atoms with Gasteiger partial charge in [-0.05, 0) is 45.4 Å². The summed E-state index contributed by atoms with van der Waals surface area (Å²) in [6.45, 7) is 7.59. The van der Waals surface area contributed by atoms with Gasteiger partial charge in [-0.25, -0.2) is 13.9 Å². The third-order valence-electron chi connectivity index (χ3n) is 10.7. The van der Waals surface area contributed by atoms with E-state index >= 15 is 0 Å². The third kappa shape index (κ3) is 7.63. The predicted molar refractivity (Wildman–Crippen MR) is 222 cm³/mol. The van der Waals surface area contributed by atoms with Gasteiger partial charge in [0, 0.05) is 50.9 Å². The van der Waals surface area contributed by atoms with E-state index in [1.807, 2.05) is 67.0 Å². The average Bonchev–Trinajstić information content (AvgIpc) is 3.79. The maximum Gasteiger partial charge on any atom is 0.309 e. The van der Waals surface area contributed by atoms with E-state index in [9.17, 15) is 13.5 Å². The van der Waals surface area contributed by atoms with Crippen LogP contribution in [0.15, 0.2) is 144 Å². The zero-order chi connectivity index (χ0) is 38.8. The van der Waals surface area contributed by atoms with Crippen LogP contribution in [0.4, 0.5) is 0 Å². The zero-order valence-electron chi connectivity index (χ0n) is 32.0. The third-order valence-corrected chi connectivity index (χ3v) is 18.5. The number of nitrogens with zero attached hydrogens (tertiary/aromatic N) is 5. The molecule has 6 aromatic rings. The fraction of sp³-hybridized carbons (Fsp3) is 0.302. The lowest BCUT2D eigenvalue weighted by Gasteiger charge is -2.45. The molecule has 1 aliphatic carbocycles. The second-order valence-electron chi connectivity index (χ2n) is 15.4. The molecule has 9 nitrogen and oxygen atoms in total. The Morgan fingerprint density at radius 2 is 1.44 bits per heavy atom. The number of fused-ring (bicyclic) bond motifs is 1. The summed E-state index contributed by atoms with van der Waals surface area (Å²) >= 11 is 1.30. The van der Waals surface area contributed by atoms with Crippen molar-refractivity contribution in [1.29, 1.82) is 0 Å². The molecular formula is C43H49N5O4S2Si. The Labute approximate surface area is 330 Å². The van der Waals surface area contributed by atoms with Gasteiger partial charge < -0.3 is 14.1 Å². The molecule has 55 heavy (non-hydrogen) atoms. The molecule has 0 unspecified atom stereocenters. The van der Waals surface area contributed by atoms with Crippen LogP contribution in [0.25, 0.3) is 0 Å². The summed E-state index contributed by atoms with van der Waals surface area (Å²) in [5.74, 6) is -0.969. The fourth-order valence-electron chi connectivity index (χ4n) is 8.04. The minimum atomic E-state index is -3.95. The molecule has 2 heterocycles. The van der Waals surface area contributed by atoms with Gasteiger partial charge in [-0.15, -0.1) is 0 Å². The van der Waals surface area contributed by atoms with Crippen molar-refractivity contribution in [2.45, 2.75) is 54.7 Å². The maximum atomic E-state index is 13.9. The van der Waals surface area contributed by atoms with Gasteiger partial charge in [0.25, 0.3) is 8.32 Å². The molecule has 7 rings (SSSR count). The number of aromatic nitrogens is 4. The Morgan fingerprint density at radius 3 is 1.98 bits per heavy atom. The number of hydrogen-bond acceptors (Lipinski definition) is 7. The van der Waals surface area contributed by atoms with Crippen LogP contribution in [-0.4, -0.2) is 72.0 Å². The van der Waals surface area contributed by atoms with E-state index in [0.717, 1.165) is 21.8 Å². The van der Waals surface area contributed by atoms with Gasteiger partial charge in [0.1, 0.15) is 0 Å². The van der Waals surface area contributed by atoms with Crippen molar-refractivity contribution < 1.29 is 18.0 Å². The first-order chi connectivity index (χ1) is 26.4. The Kier molecular flexibility index (Phi) is 11.4. The molecule has 286 valence electrons. The summed E-state index contributed by atoms with van der Waals surface area (Å²) in [7, 11) is -3.82. The van der Waals surface area contributed by atoms with E-state index in [4.69, 9.17) is 14.4 Å². The average molecular weight is 792 g/mol. The molecule has 0 fully saturated rings. The minimum absolute atomic E-state index is 0.148. The summed E-state index contributed by atoms with van der Waals surface area (Å²) < 4.78 is 39.9. The Hall–Kier alpha value is -4.30. The number of aliphatic hydroxyl groups is 1. The molecule has 4 aromatic carbocycles. The summed E-state index contributed by atoms with van der Waals surface area (Å²) in [5, 5.41) is 13.9. The minimum Gasteiger partial charge on any atom is -0.407 e. The molecule has 0 aliphatic heterocycles. The molecule has 3 atom stereocenters. The number of imidazole rings is 2. The molecule has 12 heteroatoms. The highest BCUT2D eigenvalue weighted by Crippen LogP contribution is 2.46. The molecule has 0 saturated heterocycles. The van der Waals surface area contributed by atoms with Gasteiger partial charge in [-0.2, -0.15) is 12.7 Å². The lowest BCUT2D eigenvalue weighted by atomic mass is 9.71. The first-order valence-corrected chi connectivity index (χ1v) is 22.7. The largest absolute Gasteiger partial charge is 0.407 e. The number of rotatable bonds is 13. The molecule has 0 bridgehead atoms. The van der Waals surface area contributed by atoms with Crippen molar-refractivity contribution >= 4 is 40.7 Å². The quantitative estimate of drug-likeness (QED) is 0.135. The van der Waals surface area contributed by atoms with Gasteiger partial charge in [-0.3, -0.25) is 0 Å². The molecule has 1 aliphatic rings. The number of aliphatic hydroxyl groups excluding tert-OH is 1. The molecule has 0 saturated carbocycles. The summed E-state index contributed by atoms with van der Waals surface area (Å²) in [4.78, 5) is 11.0. The van der Waals surface area contributed by atoms with Crippen LogP contribution >= 0.6 is 11.8 Å². The summed E-state index contributed by atoms with van der Waals surface area (Å²) in [6.07, 6.45) is 4.11. The van der Waals surface area contributed by atoms with Gasteiger partial charge in [0.15, 0.2) is 5.16 Å². The van der Waals surface area contributed by atoms with Crippen LogP contribution in [0.2, 0.25) is 5.04 Å². The summed E-state index contributed by atoms with van der Waals surface area (Å²) in [5.41, 5.74) is 3.52. The molecule has 1 N–H and O–H groups in total. The van der Waals surface area contributed by atoms with Crippen molar-refractivity contribution in [3.63, 3.8) is 0 Å². The van der Waals surface area contributed by atoms with Crippen molar-refractivity contribution in [3.05, 3.63) is 156 Å². The van der Waals surface area contributed by atoms with Crippen LogP contribution in [0.3, 0.4) is 0 Å². The molecule has 2 aromatic heterocycles. The van der Waals surface area contributed by atoms with Gasteiger partial charge in [0.05, 0.1) is 29.3 Å². The van der Waals surface area contributed by atoms with Crippen LogP contribution in [0, 0.1) is 11.8 Å². The predicted octanol–water partition coefficient (Wildman–Crippen LogP) is 6.42. The first kappa shape index (κ1) is 39.0. The monoisotopic (exact) mass is 791 g/mol. The molecule has 0 amide bonds. The fourth-order valence-corrected chi connectivity index (χ4v) is 14.7. The number of hydrogen-bond donors (Lipinski definition) is 1. The van der Waals surface area contributed by atoms with E-state index in [1.54, 1.807) is 6.20 Å². The van der Waals surface area contributed by atoms with E-state index in [1.165, 1.54) is 44.5 Å². The standard InChI is InChI=1S/C43H49N5O4S2Si/c1-43(2,3)55(35-22-14-8-15-23-35,36-24-16-9-17-25-36)52-30-33-26-38-41(47(31-44-38)27-32-18-10-6-11-19-32)40(37(33)29-49)39-28-48(54(50,51)46(4)5)42(45-39)53-34-20-12-7-13-21-34/h6-25,28,31,33,37,40,49H,26-27,29-30H2,1-5H3/t33-,37-,40-/m1/s1. The SMILES string of the molecule is CN(C)S(=O)(=O)n1cc([C@@H]2c3c(ncn3Cc3ccccc3)C[C@H](CO[Si](c3ccccc3)(c3ccccc3)C(C)(C)C)[C@H]2CO)nc1Sc1ccccc1. The lowest BCUT2D eigenvalue weighted by Crippen LogP contribution is -2.67. The van der Waals surface area contributed by atoms with Crippen LogP contribution in [-0.2, 0) is 27.6 Å². The first-order valence-electron chi connectivity index (χ1n) is 18.6. The van der Waals surface area contributed by atoms with Crippen molar-refractivity contribution in [2.75, 3.05) is 27.3 Å². The topological polar surface area (TPSA) is 102 Å². The lowest BCUT2D eigenvalue weighted by molar-refractivity contribution is 0.103. The van der Waals surface area contributed by atoms with Crippen LogP contribution in [0.5, 0.6) is 0 Å². The van der Waals surface area contributed by atoms with E-state index < -0.39 is 24.4 Å². The summed E-state index contributed by atoms with van der Waals surface area (Å²) in [6, 6.07) is 41.0. The van der Waals surface area contributed by atoms with Crippen molar-refractivity contribution in [2.24, 2.45) is 11.8 Å². The molecule has 0 spiro atoms. The Balaban J connectivity index is 1.36. The van der Waals surface area contributed by atoms with Crippen LogP contribution < -0.4 is 10.4 Å². The second kappa shape index (κ2) is 16.0. The van der Waals surface area contributed by atoms with Gasteiger partial charge in [-0.1, -0.05) is 142 Å². The Morgan fingerprint density at radius 1 is 0.873 bits per heavy atom. The van der Waals surface area contributed by atoms with Gasteiger partial charge in [0.2, 0.25) is 0 Å².